The van der Waals surface area contributed by atoms with E-state index in [1.54, 1.807) is 0 Å². The van der Waals surface area contributed by atoms with Gasteiger partial charge in [-0.1, -0.05) is 56.5 Å². The maximum absolute atomic E-state index is 12.0. The van der Waals surface area contributed by atoms with Crippen LogP contribution >= 0.6 is 0 Å². The Hall–Kier alpha value is -1.11. The topological polar surface area (TPSA) is 17.1 Å². The Balaban J connectivity index is 1.73. The molecule has 92 valence electrons. The highest BCUT2D eigenvalue weighted by Gasteiger charge is 2.42. The SMILES string of the molecule is CCCCCCC(=O)C1CC1c1ccccc1. The van der Waals surface area contributed by atoms with Crippen molar-refractivity contribution < 1.29 is 4.79 Å². The summed E-state index contributed by atoms with van der Waals surface area (Å²) in [5.41, 5.74) is 1.35. The van der Waals surface area contributed by atoms with Gasteiger partial charge < -0.3 is 0 Å². The quantitative estimate of drug-likeness (QED) is 0.637. The number of benzene rings is 1. The Morgan fingerprint density at radius 3 is 2.65 bits per heavy atom. The third-order valence-electron chi connectivity index (χ3n) is 3.71. The van der Waals surface area contributed by atoms with Crippen molar-refractivity contribution in [2.75, 3.05) is 0 Å². The van der Waals surface area contributed by atoms with Crippen LogP contribution in [0.1, 0.15) is 56.9 Å². The number of rotatable bonds is 7. The number of carbonyl (C=O) groups is 1. The van der Waals surface area contributed by atoms with Crippen LogP contribution in [0.2, 0.25) is 0 Å². The van der Waals surface area contributed by atoms with Crippen molar-refractivity contribution in [3.63, 3.8) is 0 Å². The van der Waals surface area contributed by atoms with Crippen LogP contribution in [0.15, 0.2) is 30.3 Å². The van der Waals surface area contributed by atoms with Crippen LogP contribution < -0.4 is 0 Å². The summed E-state index contributed by atoms with van der Waals surface area (Å²) in [6.45, 7) is 2.20. The molecule has 0 bridgehead atoms. The van der Waals surface area contributed by atoms with Crippen molar-refractivity contribution in [1.29, 1.82) is 0 Å². The smallest absolute Gasteiger partial charge is 0.136 e. The maximum atomic E-state index is 12.0. The van der Waals surface area contributed by atoms with Gasteiger partial charge in [0.05, 0.1) is 0 Å². The first kappa shape index (κ1) is 12.3. The van der Waals surface area contributed by atoms with E-state index in [1.807, 2.05) is 6.07 Å². The normalized spacial score (nSPS) is 22.4. The molecule has 0 radical (unpaired) electrons. The molecule has 0 aromatic heterocycles. The van der Waals surface area contributed by atoms with Crippen LogP contribution in [0.25, 0.3) is 0 Å². The van der Waals surface area contributed by atoms with Crippen molar-refractivity contribution in [3.8, 4) is 0 Å². The van der Waals surface area contributed by atoms with E-state index in [1.165, 1.54) is 24.8 Å². The highest BCUT2D eigenvalue weighted by atomic mass is 16.1. The Kier molecular flexibility index (Phi) is 4.36. The Labute approximate surface area is 104 Å². The lowest BCUT2D eigenvalue weighted by atomic mass is 10.0. The zero-order valence-corrected chi connectivity index (χ0v) is 10.7. The van der Waals surface area contributed by atoms with E-state index in [0.717, 1.165) is 19.3 Å². The van der Waals surface area contributed by atoms with Gasteiger partial charge in [0.15, 0.2) is 0 Å². The Bertz CT molecular complexity index is 355. The highest BCUT2D eigenvalue weighted by molar-refractivity contribution is 5.84. The van der Waals surface area contributed by atoms with Gasteiger partial charge in [-0.05, 0) is 24.3 Å². The van der Waals surface area contributed by atoms with Gasteiger partial charge >= 0.3 is 0 Å². The minimum atomic E-state index is 0.332. The van der Waals surface area contributed by atoms with E-state index >= 15 is 0 Å². The monoisotopic (exact) mass is 230 g/mol. The average molecular weight is 230 g/mol. The largest absolute Gasteiger partial charge is 0.299 e. The van der Waals surface area contributed by atoms with Crippen LogP contribution in [-0.2, 0) is 4.79 Å². The second-order valence-corrected chi connectivity index (χ2v) is 5.14. The number of ketones is 1. The molecular weight excluding hydrogens is 208 g/mol. The molecule has 0 spiro atoms. The summed E-state index contributed by atoms with van der Waals surface area (Å²) in [6.07, 6.45) is 6.69. The summed E-state index contributed by atoms with van der Waals surface area (Å²) in [5, 5.41) is 0. The number of hydrogen-bond acceptors (Lipinski definition) is 1. The zero-order valence-electron chi connectivity index (χ0n) is 10.7. The van der Waals surface area contributed by atoms with Crippen LogP contribution in [0.5, 0.6) is 0 Å². The zero-order chi connectivity index (χ0) is 12.1. The predicted octanol–water partition coefficient (Wildman–Crippen LogP) is 4.33. The third-order valence-corrected chi connectivity index (χ3v) is 3.71. The number of hydrogen-bond donors (Lipinski definition) is 0. The second kappa shape index (κ2) is 6.00. The van der Waals surface area contributed by atoms with Gasteiger partial charge in [-0.25, -0.2) is 0 Å². The van der Waals surface area contributed by atoms with Gasteiger partial charge in [-0.3, -0.25) is 4.79 Å². The molecule has 17 heavy (non-hydrogen) atoms. The molecule has 1 aromatic carbocycles. The van der Waals surface area contributed by atoms with Crippen LogP contribution in [0.4, 0.5) is 0 Å². The third kappa shape index (κ3) is 3.42. The summed E-state index contributed by atoms with van der Waals surface area (Å²) in [4.78, 5) is 12.0. The van der Waals surface area contributed by atoms with E-state index in [9.17, 15) is 4.79 Å². The van der Waals surface area contributed by atoms with E-state index < -0.39 is 0 Å². The first-order valence-corrected chi connectivity index (χ1v) is 6.90. The van der Waals surface area contributed by atoms with E-state index in [-0.39, 0.29) is 0 Å². The first-order valence-electron chi connectivity index (χ1n) is 6.90. The van der Waals surface area contributed by atoms with Crippen molar-refractivity contribution in [1.82, 2.24) is 0 Å². The summed E-state index contributed by atoms with van der Waals surface area (Å²) in [5.74, 6) is 1.35. The van der Waals surface area contributed by atoms with Crippen molar-refractivity contribution in [2.45, 2.75) is 51.4 Å². The van der Waals surface area contributed by atoms with E-state index in [4.69, 9.17) is 0 Å². The lowest BCUT2D eigenvalue weighted by Crippen LogP contribution is -2.01. The predicted molar refractivity (Wildman–Crippen MR) is 71.1 cm³/mol. The van der Waals surface area contributed by atoms with E-state index in [2.05, 4.69) is 31.2 Å². The molecule has 2 atom stereocenters. The van der Waals surface area contributed by atoms with Crippen molar-refractivity contribution in [2.24, 2.45) is 5.92 Å². The molecule has 1 saturated carbocycles. The number of Topliss-reactive ketones (excluding diaryl/α,β-unsaturated/α-hetero) is 1. The molecule has 0 N–H and O–H groups in total. The van der Waals surface area contributed by atoms with Crippen LogP contribution in [-0.4, -0.2) is 5.78 Å². The molecule has 0 aliphatic heterocycles. The summed E-state index contributed by atoms with van der Waals surface area (Å²) < 4.78 is 0. The fourth-order valence-corrected chi connectivity index (χ4v) is 2.53. The fraction of sp³-hybridized carbons (Fsp3) is 0.562. The molecule has 1 fully saturated rings. The Morgan fingerprint density at radius 2 is 1.94 bits per heavy atom. The average Bonchev–Trinajstić information content (AvgIpc) is 3.16. The molecule has 2 rings (SSSR count). The van der Waals surface area contributed by atoms with E-state index in [0.29, 0.717) is 17.6 Å². The van der Waals surface area contributed by atoms with Gasteiger partial charge in [-0.15, -0.1) is 0 Å². The molecule has 0 amide bonds. The number of carbonyl (C=O) groups excluding carboxylic acids is 1. The van der Waals surface area contributed by atoms with Gasteiger partial charge in [0, 0.05) is 12.3 Å². The minimum absolute atomic E-state index is 0.332. The molecule has 0 saturated heterocycles. The van der Waals surface area contributed by atoms with Gasteiger partial charge in [0.1, 0.15) is 5.78 Å². The standard InChI is InChI=1S/C16H22O/c1-2-3-4-8-11-16(17)15-12-14(15)13-9-6-5-7-10-13/h5-7,9-10,14-15H,2-4,8,11-12H2,1H3. The lowest BCUT2D eigenvalue weighted by molar-refractivity contribution is -0.120. The minimum Gasteiger partial charge on any atom is -0.299 e. The molecule has 1 aliphatic rings. The molecule has 0 heterocycles. The Morgan fingerprint density at radius 1 is 1.18 bits per heavy atom. The summed E-state index contributed by atoms with van der Waals surface area (Å²) in [6, 6.07) is 10.5. The second-order valence-electron chi connectivity index (χ2n) is 5.14. The van der Waals surface area contributed by atoms with Gasteiger partial charge in [-0.2, -0.15) is 0 Å². The fourth-order valence-electron chi connectivity index (χ4n) is 2.53. The summed E-state index contributed by atoms with van der Waals surface area (Å²) in [7, 11) is 0. The van der Waals surface area contributed by atoms with Gasteiger partial charge in [0.25, 0.3) is 0 Å². The molecule has 2 unspecified atom stereocenters. The highest BCUT2D eigenvalue weighted by Crippen LogP contribution is 2.48. The van der Waals surface area contributed by atoms with Crippen molar-refractivity contribution in [3.05, 3.63) is 35.9 Å². The first-order chi connectivity index (χ1) is 8.33. The van der Waals surface area contributed by atoms with Crippen molar-refractivity contribution >= 4 is 5.78 Å². The van der Waals surface area contributed by atoms with Crippen LogP contribution in [0.3, 0.4) is 0 Å². The lowest BCUT2D eigenvalue weighted by Gasteiger charge is -2.01. The molecule has 1 aromatic rings. The van der Waals surface area contributed by atoms with Crippen LogP contribution in [0, 0.1) is 5.92 Å². The number of unbranched alkanes of at least 4 members (excludes halogenated alkanes) is 3. The summed E-state index contributed by atoms with van der Waals surface area (Å²) >= 11 is 0. The maximum Gasteiger partial charge on any atom is 0.136 e. The van der Waals surface area contributed by atoms with Gasteiger partial charge in [0.2, 0.25) is 0 Å². The molecule has 1 nitrogen and oxygen atoms in total. The molecule has 1 heteroatoms. The molecular formula is C16H22O. The molecule has 1 aliphatic carbocycles.